The minimum absolute atomic E-state index is 0.0568. The Hall–Kier alpha value is -1.16. The Morgan fingerprint density at radius 2 is 1.86 bits per heavy atom. The summed E-state index contributed by atoms with van der Waals surface area (Å²) in [7, 11) is 0. The van der Waals surface area contributed by atoms with Gasteiger partial charge in [-0.1, -0.05) is 6.92 Å². The summed E-state index contributed by atoms with van der Waals surface area (Å²) in [6.45, 7) is 4.71. The van der Waals surface area contributed by atoms with Crippen LogP contribution in [0.15, 0.2) is 11.3 Å². The Morgan fingerprint density at radius 3 is 2.62 bits per heavy atom. The van der Waals surface area contributed by atoms with Crippen LogP contribution >= 0.6 is 0 Å². The number of nitrogens with zero attached hydrogens (tertiary/aromatic N) is 1. The molecule has 4 rings (SSSR count). The highest BCUT2D eigenvalue weighted by Crippen LogP contribution is 2.64. The Kier molecular flexibility index (Phi) is 2.69. The average Bonchev–Trinajstić information content (AvgIpc) is 2.57. The lowest BCUT2D eigenvalue weighted by Gasteiger charge is -2.50. The maximum atomic E-state index is 13.1. The third-order valence-corrected chi connectivity index (χ3v) is 6.43. The number of carbonyl (C=O) groups is 2. The van der Waals surface area contributed by atoms with Gasteiger partial charge < -0.3 is 10.0 Å². The van der Waals surface area contributed by atoms with E-state index in [4.69, 9.17) is 0 Å². The molecule has 2 aliphatic heterocycles. The molecule has 1 saturated carbocycles. The van der Waals surface area contributed by atoms with Gasteiger partial charge in [0.2, 0.25) is 5.78 Å². The van der Waals surface area contributed by atoms with Crippen molar-refractivity contribution >= 4 is 11.6 Å². The number of Topliss-reactive ketones (excluding diaryl/α,β-unsaturated/α-hetero) is 2. The summed E-state index contributed by atoms with van der Waals surface area (Å²) >= 11 is 0. The Labute approximate surface area is 125 Å². The van der Waals surface area contributed by atoms with E-state index < -0.39 is 10.8 Å². The third-order valence-electron chi connectivity index (χ3n) is 6.43. The van der Waals surface area contributed by atoms with Crippen LogP contribution < -0.4 is 0 Å². The molecule has 0 amide bonds. The maximum absolute atomic E-state index is 13.1. The highest BCUT2D eigenvalue weighted by molar-refractivity contribution is 6.10. The third kappa shape index (κ3) is 1.44. The number of fused-ring (bicyclic) bond motifs is 1. The number of aliphatic hydroxyl groups is 1. The summed E-state index contributed by atoms with van der Waals surface area (Å²) in [5, 5.41) is 10.5. The number of hydrogen-bond acceptors (Lipinski definition) is 4. The topological polar surface area (TPSA) is 57.6 Å². The van der Waals surface area contributed by atoms with Crippen molar-refractivity contribution in [3.8, 4) is 0 Å². The standard InChI is InChI=1S/C17H23NO3/c1-11-8-12-14(20)15(21)16-4-2-6-18(10-16)7-3-5-17(12,16)13(19)9-11/h11,20H,2-10H2,1H3. The van der Waals surface area contributed by atoms with Crippen LogP contribution in [-0.2, 0) is 9.59 Å². The fourth-order valence-electron chi connectivity index (χ4n) is 5.63. The Balaban J connectivity index is 1.94. The first kappa shape index (κ1) is 13.5. The first-order valence-electron chi connectivity index (χ1n) is 8.24. The number of piperidine rings is 1. The highest BCUT2D eigenvalue weighted by atomic mass is 16.3. The molecule has 0 radical (unpaired) electrons. The molecule has 2 bridgehead atoms. The number of allylic oxidation sites excluding steroid dienone is 2. The summed E-state index contributed by atoms with van der Waals surface area (Å²) in [6.07, 6.45) is 4.69. The number of hydrogen-bond donors (Lipinski definition) is 1. The molecular formula is C17H23NO3. The van der Waals surface area contributed by atoms with Crippen molar-refractivity contribution in [3.05, 3.63) is 11.3 Å². The van der Waals surface area contributed by atoms with Crippen LogP contribution in [0.2, 0.25) is 0 Å². The number of aliphatic hydroxyl groups excluding tert-OH is 1. The molecule has 2 heterocycles. The van der Waals surface area contributed by atoms with Crippen molar-refractivity contribution in [3.63, 3.8) is 0 Å². The summed E-state index contributed by atoms with van der Waals surface area (Å²) < 4.78 is 0. The van der Waals surface area contributed by atoms with E-state index in [2.05, 4.69) is 4.90 Å². The zero-order valence-corrected chi connectivity index (χ0v) is 12.7. The molecule has 0 aromatic heterocycles. The Bertz CT molecular complexity index is 566. The monoisotopic (exact) mass is 289 g/mol. The predicted molar refractivity (Wildman–Crippen MR) is 77.8 cm³/mol. The highest BCUT2D eigenvalue weighted by Gasteiger charge is 2.69. The van der Waals surface area contributed by atoms with Gasteiger partial charge >= 0.3 is 0 Å². The zero-order valence-electron chi connectivity index (χ0n) is 12.7. The number of rotatable bonds is 0. The smallest absolute Gasteiger partial charge is 0.205 e. The van der Waals surface area contributed by atoms with Crippen LogP contribution in [0.1, 0.15) is 45.4 Å². The van der Waals surface area contributed by atoms with Gasteiger partial charge in [0, 0.05) is 13.0 Å². The zero-order chi connectivity index (χ0) is 14.8. The van der Waals surface area contributed by atoms with Gasteiger partial charge in [-0.3, -0.25) is 9.59 Å². The van der Waals surface area contributed by atoms with Gasteiger partial charge in [0.15, 0.2) is 5.76 Å². The van der Waals surface area contributed by atoms with Crippen molar-refractivity contribution in [2.45, 2.75) is 45.4 Å². The van der Waals surface area contributed by atoms with E-state index in [1.54, 1.807) is 0 Å². The van der Waals surface area contributed by atoms with Gasteiger partial charge in [-0.2, -0.15) is 0 Å². The quantitative estimate of drug-likeness (QED) is 0.743. The van der Waals surface area contributed by atoms with E-state index >= 15 is 0 Å². The van der Waals surface area contributed by atoms with E-state index in [1.807, 2.05) is 6.92 Å². The molecule has 2 saturated heterocycles. The number of carbonyl (C=O) groups excluding carboxylic acids is 2. The number of ketones is 2. The summed E-state index contributed by atoms with van der Waals surface area (Å²) in [5.74, 6) is 0.272. The summed E-state index contributed by atoms with van der Waals surface area (Å²) in [6, 6.07) is 0. The van der Waals surface area contributed by atoms with Crippen LogP contribution in [0.25, 0.3) is 0 Å². The lowest BCUT2D eigenvalue weighted by Crippen LogP contribution is -2.57. The van der Waals surface area contributed by atoms with Crippen LogP contribution in [0.4, 0.5) is 0 Å². The Morgan fingerprint density at radius 1 is 1.14 bits per heavy atom. The fourth-order valence-corrected chi connectivity index (χ4v) is 5.63. The summed E-state index contributed by atoms with van der Waals surface area (Å²) in [4.78, 5) is 28.3. The molecule has 4 atom stereocenters. The molecule has 4 heteroatoms. The van der Waals surface area contributed by atoms with Crippen LogP contribution in [0.3, 0.4) is 0 Å². The van der Waals surface area contributed by atoms with Crippen molar-refractivity contribution < 1.29 is 14.7 Å². The van der Waals surface area contributed by atoms with E-state index in [0.717, 1.165) is 44.3 Å². The van der Waals surface area contributed by atoms with E-state index in [0.29, 0.717) is 19.4 Å². The molecule has 4 nitrogen and oxygen atoms in total. The van der Waals surface area contributed by atoms with Crippen molar-refractivity contribution in [1.29, 1.82) is 0 Å². The van der Waals surface area contributed by atoms with Crippen LogP contribution in [0.5, 0.6) is 0 Å². The molecule has 21 heavy (non-hydrogen) atoms. The van der Waals surface area contributed by atoms with Crippen molar-refractivity contribution in [2.75, 3.05) is 19.6 Å². The molecule has 1 N–H and O–H groups in total. The summed E-state index contributed by atoms with van der Waals surface area (Å²) in [5.41, 5.74) is -0.533. The second kappa shape index (κ2) is 4.19. The molecule has 0 aromatic rings. The largest absolute Gasteiger partial charge is 0.504 e. The lowest BCUT2D eigenvalue weighted by atomic mass is 9.52. The second-order valence-corrected chi connectivity index (χ2v) is 7.56. The minimum Gasteiger partial charge on any atom is -0.504 e. The average molecular weight is 289 g/mol. The molecule has 3 fully saturated rings. The molecule has 2 aliphatic carbocycles. The van der Waals surface area contributed by atoms with Gasteiger partial charge in [-0.05, 0) is 56.7 Å². The van der Waals surface area contributed by atoms with E-state index in [-0.39, 0.29) is 23.2 Å². The van der Waals surface area contributed by atoms with Gasteiger partial charge in [0.1, 0.15) is 5.78 Å². The van der Waals surface area contributed by atoms with Crippen molar-refractivity contribution in [1.82, 2.24) is 4.90 Å². The molecular weight excluding hydrogens is 266 g/mol. The lowest BCUT2D eigenvalue weighted by molar-refractivity contribution is -0.148. The molecule has 114 valence electrons. The first-order chi connectivity index (χ1) is 10.0. The normalized spacial score (nSPS) is 46.1. The first-order valence-corrected chi connectivity index (χ1v) is 8.24. The molecule has 0 aromatic carbocycles. The fraction of sp³-hybridized carbons (Fsp3) is 0.765. The SMILES string of the molecule is CC1CC(=O)C23CCCN4CCCC2(C4)C(=O)C(O)=C3C1. The van der Waals surface area contributed by atoms with Gasteiger partial charge in [-0.15, -0.1) is 0 Å². The van der Waals surface area contributed by atoms with Gasteiger partial charge in [-0.25, -0.2) is 0 Å². The van der Waals surface area contributed by atoms with E-state index in [1.165, 1.54) is 0 Å². The van der Waals surface area contributed by atoms with Crippen molar-refractivity contribution in [2.24, 2.45) is 16.7 Å². The minimum atomic E-state index is -0.671. The second-order valence-electron chi connectivity index (χ2n) is 7.56. The van der Waals surface area contributed by atoms with Gasteiger partial charge in [0.05, 0.1) is 10.8 Å². The van der Waals surface area contributed by atoms with Crippen LogP contribution in [0, 0.1) is 16.7 Å². The molecule has 4 aliphatic rings. The van der Waals surface area contributed by atoms with Gasteiger partial charge in [0.25, 0.3) is 0 Å². The van der Waals surface area contributed by atoms with Crippen LogP contribution in [-0.4, -0.2) is 41.2 Å². The predicted octanol–water partition coefficient (Wildman–Crippen LogP) is 2.24. The molecule has 2 spiro atoms. The van der Waals surface area contributed by atoms with E-state index in [9.17, 15) is 14.7 Å². The molecule has 4 unspecified atom stereocenters. The maximum Gasteiger partial charge on any atom is 0.205 e.